The minimum absolute atomic E-state index is 0.104. The number of hydrogen-bond donors (Lipinski definition) is 3. The molecule has 0 bridgehead atoms. The van der Waals surface area contributed by atoms with E-state index in [0.717, 1.165) is 6.07 Å². The highest BCUT2D eigenvalue weighted by Gasteiger charge is 2.17. The highest BCUT2D eigenvalue weighted by molar-refractivity contribution is 7.90. The van der Waals surface area contributed by atoms with Crippen LogP contribution in [0.1, 0.15) is 22.3 Å². The molecule has 11 heteroatoms. The van der Waals surface area contributed by atoms with Gasteiger partial charge in [0.15, 0.2) is 11.6 Å². The Labute approximate surface area is 178 Å². The van der Waals surface area contributed by atoms with Crippen LogP contribution in [0.2, 0.25) is 0 Å². The van der Waals surface area contributed by atoms with Crippen molar-refractivity contribution in [1.82, 2.24) is 14.7 Å². The maximum absolute atomic E-state index is 14.8. The van der Waals surface area contributed by atoms with Gasteiger partial charge in [-0.15, -0.1) is 0 Å². The van der Waals surface area contributed by atoms with Crippen molar-refractivity contribution >= 4 is 27.4 Å². The molecule has 0 aliphatic rings. The predicted octanol–water partition coefficient (Wildman–Crippen LogP) is 3.15. The molecule has 0 aliphatic heterocycles. The molecular formula is C20H18F2N6O2S. The molecule has 0 radical (unpaired) electrons. The van der Waals surface area contributed by atoms with E-state index in [9.17, 15) is 17.2 Å². The van der Waals surface area contributed by atoms with E-state index >= 15 is 0 Å². The first-order valence-corrected chi connectivity index (χ1v) is 10.5. The van der Waals surface area contributed by atoms with Gasteiger partial charge in [0, 0.05) is 25.9 Å². The quantitative estimate of drug-likeness (QED) is 0.515. The normalized spacial score (nSPS) is 11.1. The van der Waals surface area contributed by atoms with Crippen LogP contribution in [0.4, 0.5) is 26.0 Å². The van der Waals surface area contributed by atoms with Gasteiger partial charge < -0.3 is 5.32 Å². The molecule has 2 heterocycles. The number of pyridine rings is 2. The Balaban J connectivity index is 1.88. The molecule has 31 heavy (non-hydrogen) atoms. The zero-order chi connectivity index (χ0) is 22.6. The zero-order valence-electron chi connectivity index (χ0n) is 16.6. The molecule has 0 atom stereocenters. The average molecular weight is 444 g/mol. The molecular weight excluding hydrogens is 426 g/mol. The van der Waals surface area contributed by atoms with E-state index in [1.165, 1.54) is 37.6 Å². The Hall–Kier alpha value is -3.62. The number of aromatic nitrogens is 2. The number of anilines is 3. The molecule has 3 aromatic rings. The lowest BCUT2D eigenvalue weighted by Crippen LogP contribution is -2.27. The summed E-state index contributed by atoms with van der Waals surface area (Å²) in [7, 11) is -2.73. The molecule has 2 aromatic heterocycles. The summed E-state index contributed by atoms with van der Waals surface area (Å²) in [4.78, 5) is 7.86. The van der Waals surface area contributed by atoms with Crippen LogP contribution in [0.5, 0.6) is 0 Å². The Kier molecular flexibility index (Phi) is 6.43. The fourth-order valence-corrected chi connectivity index (χ4v) is 3.28. The Morgan fingerprint density at radius 3 is 2.58 bits per heavy atom. The highest BCUT2D eigenvalue weighted by atomic mass is 32.2. The Morgan fingerprint density at radius 2 is 1.90 bits per heavy atom. The first-order valence-electron chi connectivity index (χ1n) is 8.99. The van der Waals surface area contributed by atoms with Crippen LogP contribution in [-0.4, -0.2) is 25.4 Å². The summed E-state index contributed by atoms with van der Waals surface area (Å²) in [5, 5.41) is 11.8. The van der Waals surface area contributed by atoms with Gasteiger partial charge in [-0.3, -0.25) is 9.71 Å². The summed E-state index contributed by atoms with van der Waals surface area (Å²) >= 11 is 0. The van der Waals surface area contributed by atoms with Crippen LogP contribution in [0.25, 0.3) is 0 Å². The third-order valence-corrected chi connectivity index (χ3v) is 5.54. The fourth-order valence-electron chi connectivity index (χ4n) is 2.78. The second kappa shape index (κ2) is 9.03. The molecule has 3 N–H and O–H groups in total. The van der Waals surface area contributed by atoms with Crippen molar-refractivity contribution in [3.63, 3.8) is 0 Å². The molecule has 0 aliphatic carbocycles. The predicted molar refractivity (Wildman–Crippen MR) is 112 cm³/mol. The molecule has 0 saturated carbocycles. The van der Waals surface area contributed by atoms with Crippen LogP contribution in [-0.2, 0) is 16.6 Å². The molecule has 0 saturated heterocycles. The van der Waals surface area contributed by atoms with Gasteiger partial charge in [-0.2, -0.15) is 13.7 Å². The number of nitrogens with one attached hydrogen (secondary N) is 3. The monoisotopic (exact) mass is 444 g/mol. The molecule has 0 fully saturated rings. The minimum atomic E-state index is -3.92. The number of hydrogen-bond acceptors (Lipinski definition) is 6. The first-order chi connectivity index (χ1) is 14.7. The molecule has 160 valence electrons. The molecule has 0 amide bonds. The maximum Gasteiger partial charge on any atom is 0.300 e. The minimum Gasteiger partial charge on any atom is -0.352 e. The third-order valence-electron chi connectivity index (χ3n) is 4.54. The van der Waals surface area contributed by atoms with Gasteiger partial charge in [0.25, 0.3) is 10.2 Å². The smallest absolute Gasteiger partial charge is 0.300 e. The van der Waals surface area contributed by atoms with E-state index < -0.39 is 27.7 Å². The Bertz CT molecular complexity index is 1280. The van der Waals surface area contributed by atoms with E-state index in [2.05, 4.69) is 15.3 Å². The standard InChI is InChI=1S/C20H18F2N6O2S/c1-12-15(8-14-5-6-26-20(19(14)22)28-31(29,30)24-2)10-25-11-18(12)27-17-4-3-13(9-23)7-16(17)21/h3-7,10-11,24,27H,8H2,1-2H3,(H,26,28). The van der Waals surface area contributed by atoms with Crippen molar-refractivity contribution in [2.75, 3.05) is 17.1 Å². The molecule has 1 aromatic carbocycles. The van der Waals surface area contributed by atoms with Crippen molar-refractivity contribution in [1.29, 1.82) is 5.26 Å². The number of nitrogens with zero attached hydrogens (tertiary/aromatic N) is 3. The maximum atomic E-state index is 14.8. The van der Waals surface area contributed by atoms with Crippen molar-refractivity contribution in [3.05, 3.63) is 76.7 Å². The second-order valence-electron chi connectivity index (χ2n) is 6.52. The lowest BCUT2D eigenvalue weighted by Gasteiger charge is -2.14. The van der Waals surface area contributed by atoms with E-state index in [4.69, 9.17) is 5.26 Å². The number of halogens is 2. The summed E-state index contributed by atoms with van der Waals surface area (Å²) in [5.74, 6) is -1.82. The van der Waals surface area contributed by atoms with Crippen LogP contribution in [0.3, 0.4) is 0 Å². The van der Waals surface area contributed by atoms with E-state index in [1.807, 2.05) is 15.5 Å². The molecule has 0 unspecified atom stereocenters. The van der Waals surface area contributed by atoms with Crippen molar-refractivity contribution in [2.45, 2.75) is 13.3 Å². The zero-order valence-corrected chi connectivity index (χ0v) is 17.4. The van der Waals surface area contributed by atoms with Gasteiger partial charge >= 0.3 is 0 Å². The van der Waals surface area contributed by atoms with Crippen LogP contribution < -0.4 is 14.8 Å². The van der Waals surface area contributed by atoms with Crippen molar-refractivity contribution in [2.24, 2.45) is 0 Å². The molecule has 3 rings (SSSR count). The number of benzene rings is 1. The summed E-state index contributed by atoms with van der Waals surface area (Å²) in [5.41, 5.74) is 2.42. The fraction of sp³-hybridized carbons (Fsp3) is 0.150. The summed E-state index contributed by atoms with van der Waals surface area (Å²) in [6.45, 7) is 1.77. The first kappa shape index (κ1) is 22.1. The van der Waals surface area contributed by atoms with Gasteiger partial charge in [0.2, 0.25) is 0 Å². The largest absolute Gasteiger partial charge is 0.352 e. The van der Waals surface area contributed by atoms with Gasteiger partial charge in [-0.1, -0.05) is 0 Å². The molecule has 8 nitrogen and oxygen atoms in total. The lowest BCUT2D eigenvalue weighted by atomic mass is 10.0. The van der Waals surface area contributed by atoms with Gasteiger partial charge in [0.05, 0.1) is 29.2 Å². The van der Waals surface area contributed by atoms with Gasteiger partial charge in [0.1, 0.15) is 5.82 Å². The SMILES string of the molecule is CNS(=O)(=O)Nc1nccc(Cc2cncc(Nc3ccc(C#N)cc3F)c2C)c1F. The van der Waals surface area contributed by atoms with Crippen molar-refractivity contribution in [3.8, 4) is 6.07 Å². The van der Waals surface area contributed by atoms with Crippen molar-refractivity contribution < 1.29 is 17.2 Å². The topological polar surface area (TPSA) is 120 Å². The van der Waals surface area contributed by atoms with Gasteiger partial charge in [-0.25, -0.2) is 18.5 Å². The highest BCUT2D eigenvalue weighted by Crippen LogP contribution is 2.27. The number of nitriles is 1. The average Bonchev–Trinajstić information content (AvgIpc) is 2.74. The van der Waals surface area contributed by atoms with E-state index in [1.54, 1.807) is 13.1 Å². The number of rotatable bonds is 7. The van der Waals surface area contributed by atoms with Gasteiger partial charge in [-0.05, 0) is 47.9 Å². The van der Waals surface area contributed by atoms with E-state index in [0.29, 0.717) is 16.8 Å². The van der Waals surface area contributed by atoms with Crippen LogP contribution in [0, 0.1) is 29.9 Å². The summed E-state index contributed by atoms with van der Waals surface area (Å²) in [6.07, 6.45) is 4.45. The Morgan fingerprint density at radius 1 is 1.13 bits per heavy atom. The van der Waals surface area contributed by atoms with E-state index in [-0.39, 0.29) is 23.2 Å². The summed E-state index contributed by atoms with van der Waals surface area (Å²) < 4.78 is 56.3. The third kappa shape index (κ3) is 5.11. The summed E-state index contributed by atoms with van der Waals surface area (Å²) in [6, 6.07) is 7.36. The lowest BCUT2D eigenvalue weighted by molar-refractivity contribution is 0.589. The second-order valence-corrected chi connectivity index (χ2v) is 8.14. The van der Waals surface area contributed by atoms with Crippen LogP contribution in [0.15, 0.2) is 42.9 Å². The molecule has 0 spiro atoms. The van der Waals surface area contributed by atoms with Crippen LogP contribution >= 0.6 is 0 Å².